The molecule has 3 nitrogen and oxygen atoms in total. The second-order valence-corrected chi connectivity index (χ2v) is 4.58. The van der Waals surface area contributed by atoms with E-state index in [1.165, 1.54) is 0 Å². The molecule has 0 amide bonds. The molecule has 0 saturated heterocycles. The first-order valence-electron chi connectivity index (χ1n) is 5.91. The van der Waals surface area contributed by atoms with Crippen LogP contribution in [0.5, 0.6) is 0 Å². The lowest BCUT2D eigenvalue weighted by molar-refractivity contribution is 0.0343. The summed E-state index contributed by atoms with van der Waals surface area (Å²) in [6.45, 7) is 6.15. The SMILES string of the molecule is CCN(CC)c1ccc(C(O)C(O)CBr)cc1. The number of rotatable bonds is 6. The fourth-order valence-corrected chi connectivity index (χ4v) is 2.13. The fourth-order valence-electron chi connectivity index (χ4n) is 1.78. The lowest BCUT2D eigenvalue weighted by Gasteiger charge is -2.22. The van der Waals surface area contributed by atoms with E-state index in [-0.39, 0.29) is 0 Å². The summed E-state index contributed by atoms with van der Waals surface area (Å²) in [5, 5.41) is 19.7. The van der Waals surface area contributed by atoms with Crippen LogP contribution < -0.4 is 4.90 Å². The van der Waals surface area contributed by atoms with Crippen LogP contribution in [0, 0.1) is 0 Å². The van der Waals surface area contributed by atoms with Crippen LogP contribution in [-0.2, 0) is 0 Å². The van der Waals surface area contributed by atoms with Crippen molar-refractivity contribution in [2.24, 2.45) is 0 Å². The standard InChI is InChI=1S/C13H20BrNO2/c1-3-15(4-2)11-7-5-10(6-8-11)13(17)12(16)9-14/h5-8,12-13,16-17H,3-4,9H2,1-2H3. The third-order valence-electron chi connectivity index (χ3n) is 2.89. The highest BCUT2D eigenvalue weighted by Crippen LogP contribution is 2.22. The quantitative estimate of drug-likeness (QED) is 0.793. The Labute approximate surface area is 111 Å². The zero-order valence-electron chi connectivity index (χ0n) is 10.3. The molecule has 1 aromatic rings. The number of aliphatic hydroxyl groups excluding tert-OH is 2. The Morgan fingerprint density at radius 2 is 1.65 bits per heavy atom. The zero-order chi connectivity index (χ0) is 12.8. The normalized spacial score (nSPS) is 14.4. The number of anilines is 1. The van der Waals surface area contributed by atoms with Crippen LogP contribution in [0.2, 0.25) is 0 Å². The Bertz CT molecular complexity index is 325. The largest absolute Gasteiger partial charge is 0.389 e. The maximum atomic E-state index is 9.84. The molecule has 0 aromatic heterocycles. The third kappa shape index (κ3) is 3.69. The van der Waals surface area contributed by atoms with Crippen LogP contribution in [-0.4, -0.2) is 34.7 Å². The van der Waals surface area contributed by atoms with Crippen molar-refractivity contribution in [3.63, 3.8) is 0 Å². The van der Waals surface area contributed by atoms with Crippen molar-refractivity contribution in [3.05, 3.63) is 29.8 Å². The van der Waals surface area contributed by atoms with E-state index >= 15 is 0 Å². The van der Waals surface area contributed by atoms with Crippen molar-refractivity contribution >= 4 is 21.6 Å². The average molecular weight is 302 g/mol. The van der Waals surface area contributed by atoms with Crippen LogP contribution in [0.1, 0.15) is 25.5 Å². The van der Waals surface area contributed by atoms with E-state index in [0.29, 0.717) is 5.33 Å². The lowest BCUT2D eigenvalue weighted by Crippen LogP contribution is -2.22. The minimum atomic E-state index is -0.833. The first-order chi connectivity index (χ1) is 8.13. The van der Waals surface area contributed by atoms with Crippen LogP contribution >= 0.6 is 15.9 Å². The maximum Gasteiger partial charge on any atom is 0.106 e. The molecule has 0 saturated carbocycles. The minimum Gasteiger partial charge on any atom is -0.389 e. The molecule has 0 aliphatic rings. The smallest absolute Gasteiger partial charge is 0.106 e. The van der Waals surface area contributed by atoms with E-state index in [1.54, 1.807) is 0 Å². The van der Waals surface area contributed by atoms with Crippen LogP contribution in [0.3, 0.4) is 0 Å². The van der Waals surface area contributed by atoms with Gasteiger partial charge in [-0.2, -0.15) is 0 Å². The summed E-state index contributed by atoms with van der Waals surface area (Å²) in [6.07, 6.45) is -1.60. The monoisotopic (exact) mass is 301 g/mol. The van der Waals surface area contributed by atoms with E-state index in [4.69, 9.17) is 0 Å². The molecule has 1 aromatic carbocycles. The molecule has 0 spiro atoms. The van der Waals surface area contributed by atoms with Crippen molar-refractivity contribution < 1.29 is 10.2 Å². The average Bonchev–Trinajstić information content (AvgIpc) is 2.39. The predicted octanol–water partition coefficient (Wildman–Crippen LogP) is 2.32. The molecule has 96 valence electrons. The van der Waals surface area contributed by atoms with Crippen molar-refractivity contribution in [2.75, 3.05) is 23.3 Å². The zero-order valence-corrected chi connectivity index (χ0v) is 11.9. The number of benzene rings is 1. The molecular formula is C13H20BrNO2. The van der Waals surface area contributed by atoms with Crippen molar-refractivity contribution in [3.8, 4) is 0 Å². The Balaban J connectivity index is 2.80. The molecule has 2 N–H and O–H groups in total. The molecule has 4 heteroatoms. The van der Waals surface area contributed by atoms with E-state index in [2.05, 4.69) is 34.7 Å². The number of halogens is 1. The van der Waals surface area contributed by atoms with Gasteiger partial charge in [0.15, 0.2) is 0 Å². The molecule has 0 heterocycles. The first-order valence-corrected chi connectivity index (χ1v) is 7.03. The molecule has 0 bridgehead atoms. The third-order valence-corrected chi connectivity index (χ3v) is 3.55. The number of hydrogen-bond donors (Lipinski definition) is 2. The van der Waals surface area contributed by atoms with Gasteiger partial charge in [0.05, 0.1) is 6.10 Å². The number of hydrogen-bond acceptors (Lipinski definition) is 3. The molecule has 0 aliphatic heterocycles. The van der Waals surface area contributed by atoms with Gasteiger partial charge in [0.25, 0.3) is 0 Å². The van der Waals surface area contributed by atoms with Gasteiger partial charge in [-0.1, -0.05) is 28.1 Å². The van der Waals surface area contributed by atoms with E-state index in [9.17, 15) is 10.2 Å². The lowest BCUT2D eigenvalue weighted by atomic mass is 10.0. The minimum absolute atomic E-state index is 0.367. The van der Waals surface area contributed by atoms with Gasteiger partial charge in [0.2, 0.25) is 0 Å². The topological polar surface area (TPSA) is 43.7 Å². The van der Waals surface area contributed by atoms with Gasteiger partial charge in [-0.3, -0.25) is 0 Å². The van der Waals surface area contributed by atoms with Gasteiger partial charge < -0.3 is 15.1 Å². The van der Waals surface area contributed by atoms with Gasteiger partial charge in [0, 0.05) is 24.1 Å². The number of nitrogens with zero attached hydrogens (tertiary/aromatic N) is 1. The summed E-state index contributed by atoms with van der Waals surface area (Å²) in [5.41, 5.74) is 1.88. The Kier molecular flexibility index (Phi) is 5.95. The van der Waals surface area contributed by atoms with Crippen molar-refractivity contribution in [1.82, 2.24) is 0 Å². The van der Waals surface area contributed by atoms with Crippen LogP contribution in [0.4, 0.5) is 5.69 Å². The highest BCUT2D eigenvalue weighted by atomic mass is 79.9. The summed E-state index contributed by atoms with van der Waals surface area (Å²) >= 11 is 3.15. The molecular weight excluding hydrogens is 282 g/mol. The number of aliphatic hydroxyl groups is 2. The maximum absolute atomic E-state index is 9.84. The second-order valence-electron chi connectivity index (χ2n) is 3.93. The molecule has 0 fully saturated rings. The molecule has 0 aliphatic carbocycles. The van der Waals surface area contributed by atoms with Gasteiger partial charge in [-0.15, -0.1) is 0 Å². The molecule has 17 heavy (non-hydrogen) atoms. The van der Waals surface area contributed by atoms with E-state index < -0.39 is 12.2 Å². The first kappa shape index (κ1) is 14.5. The van der Waals surface area contributed by atoms with E-state index in [0.717, 1.165) is 24.3 Å². The molecule has 1 rings (SSSR count). The van der Waals surface area contributed by atoms with Crippen molar-refractivity contribution in [1.29, 1.82) is 0 Å². The Morgan fingerprint density at radius 1 is 1.12 bits per heavy atom. The van der Waals surface area contributed by atoms with Gasteiger partial charge >= 0.3 is 0 Å². The van der Waals surface area contributed by atoms with Gasteiger partial charge in [-0.25, -0.2) is 0 Å². The Morgan fingerprint density at radius 3 is 2.06 bits per heavy atom. The highest BCUT2D eigenvalue weighted by molar-refractivity contribution is 9.09. The predicted molar refractivity (Wildman–Crippen MR) is 74.8 cm³/mol. The summed E-state index contributed by atoms with van der Waals surface area (Å²) in [4.78, 5) is 2.23. The fraction of sp³-hybridized carbons (Fsp3) is 0.538. The molecule has 2 unspecified atom stereocenters. The van der Waals surface area contributed by atoms with Crippen LogP contribution in [0.15, 0.2) is 24.3 Å². The second kappa shape index (κ2) is 6.99. The summed E-state index contributed by atoms with van der Waals surface area (Å²) in [6, 6.07) is 7.69. The van der Waals surface area contributed by atoms with Crippen molar-refractivity contribution in [2.45, 2.75) is 26.1 Å². The Hall–Kier alpha value is -0.580. The molecule has 2 atom stereocenters. The van der Waals surface area contributed by atoms with E-state index in [1.807, 2.05) is 24.3 Å². The van der Waals surface area contributed by atoms with Gasteiger partial charge in [0.1, 0.15) is 6.10 Å². The summed E-state index contributed by atoms with van der Waals surface area (Å²) < 4.78 is 0. The molecule has 0 radical (unpaired) electrons. The van der Waals surface area contributed by atoms with Gasteiger partial charge in [-0.05, 0) is 31.5 Å². The highest BCUT2D eigenvalue weighted by Gasteiger charge is 2.16. The summed E-state index contributed by atoms with van der Waals surface area (Å²) in [5.74, 6) is 0. The number of alkyl halides is 1. The van der Waals surface area contributed by atoms with Crippen LogP contribution in [0.25, 0.3) is 0 Å². The summed E-state index contributed by atoms with van der Waals surface area (Å²) in [7, 11) is 0.